The summed E-state index contributed by atoms with van der Waals surface area (Å²) in [6, 6.07) is 0.787. The summed E-state index contributed by atoms with van der Waals surface area (Å²) in [7, 11) is 0. The number of nitrogens with zero attached hydrogens (tertiary/aromatic N) is 1. The SMILES string of the molecule is CC(C)(C)OC(=O)NCCCCNC(=O)N(C1CCCCC1)[C@H]1CCNC1. The van der Waals surface area contributed by atoms with Crippen molar-refractivity contribution >= 4 is 12.1 Å². The molecule has 0 bridgehead atoms. The normalized spacial score (nSPS) is 20.9. The topological polar surface area (TPSA) is 82.7 Å². The van der Waals surface area contributed by atoms with Crippen LogP contribution in [-0.4, -0.2) is 60.9 Å². The molecule has 0 unspecified atom stereocenters. The molecule has 156 valence electrons. The van der Waals surface area contributed by atoms with E-state index in [0.29, 0.717) is 25.2 Å². The predicted octanol–water partition coefficient (Wildman–Crippen LogP) is 3.00. The molecule has 0 radical (unpaired) electrons. The summed E-state index contributed by atoms with van der Waals surface area (Å²) in [5, 5.41) is 9.24. The van der Waals surface area contributed by atoms with E-state index in [9.17, 15) is 9.59 Å². The number of ether oxygens (including phenoxy) is 1. The van der Waals surface area contributed by atoms with E-state index < -0.39 is 5.60 Å². The van der Waals surface area contributed by atoms with Crippen molar-refractivity contribution in [2.45, 2.75) is 89.8 Å². The molecule has 1 atom stereocenters. The number of carbonyl (C=O) groups excluding carboxylic acids is 2. The third kappa shape index (κ3) is 7.95. The fraction of sp³-hybridized carbons (Fsp3) is 0.900. The van der Waals surface area contributed by atoms with E-state index in [4.69, 9.17) is 4.74 Å². The Morgan fingerprint density at radius 1 is 1.00 bits per heavy atom. The second kappa shape index (κ2) is 10.7. The summed E-state index contributed by atoms with van der Waals surface area (Å²) in [5.74, 6) is 0. The lowest BCUT2D eigenvalue weighted by Crippen LogP contribution is -2.53. The molecule has 1 heterocycles. The summed E-state index contributed by atoms with van der Waals surface area (Å²) in [5.41, 5.74) is -0.476. The highest BCUT2D eigenvalue weighted by Gasteiger charge is 2.33. The van der Waals surface area contributed by atoms with E-state index in [2.05, 4.69) is 20.9 Å². The quantitative estimate of drug-likeness (QED) is 0.591. The Morgan fingerprint density at radius 3 is 2.26 bits per heavy atom. The zero-order valence-electron chi connectivity index (χ0n) is 17.3. The number of hydrogen-bond acceptors (Lipinski definition) is 4. The largest absolute Gasteiger partial charge is 0.444 e. The van der Waals surface area contributed by atoms with Gasteiger partial charge in [-0.15, -0.1) is 0 Å². The minimum Gasteiger partial charge on any atom is -0.444 e. The number of hydrogen-bond donors (Lipinski definition) is 3. The molecule has 1 saturated heterocycles. The summed E-state index contributed by atoms with van der Waals surface area (Å²) in [4.78, 5) is 26.5. The Morgan fingerprint density at radius 2 is 1.67 bits per heavy atom. The fourth-order valence-electron chi connectivity index (χ4n) is 3.91. The highest BCUT2D eigenvalue weighted by atomic mass is 16.6. The Bertz CT molecular complexity index is 466. The number of amides is 3. The van der Waals surface area contributed by atoms with E-state index in [1.54, 1.807) is 0 Å². The van der Waals surface area contributed by atoms with Crippen molar-refractivity contribution in [2.75, 3.05) is 26.2 Å². The molecule has 0 aromatic rings. The summed E-state index contributed by atoms with van der Waals surface area (Å²) < 4.78 is 5.21. The van der Waals surface area contributed by atoms with Gasteiger partial charge in [0.15, 0.2) is 0 Å². The molecule has 3 amide bonds. The maximum absolute atomic E-state index is 12.8. The number of urea groups is 1. The minimum absolute atomic E-state index is 0.0794. The average molecular weight is 383 g/mol. The molecule has 7 nitrogen and oxygen atoms in total. The summed E-state index contributed by atoms with van der Waals surface area (Å²) >= 11 is 0. The van der Waals surface area contributed by atoms with Crippen LogP contribution in [0.15, 0.2) is 0 Å². The second-order valence-corrected chi connectivity index (χ2v) is 8.71. The van der Waals surface area contributed by atoms with E-state index in [1.807, 2.05) is 20.8 Å². The van der Waals surface area contributed by atoms with Gasteiger partial charge in [-0.1, -0.05) is 19.3 Å². The van der Waals surface area contributed by atoms with Crippen LogP contribution in [0.5, 0.6) is 0 Å². The third-order valence-electron chi connectivity index (χ3n) is 5.18. The standard InChI is InChI=1S/C20H38N4O3/c1-20(2,3)27-19(26)23-13-8-7-12-22-18(25)24(17-11-14-21-15-17)16-9-5-4-6-10-16/h16-17,21H,4-15H2,1-3H3,(H,22,25)(H,23,26)/t17-/m0/s1. The lowest BCUT2D eigenvalue weighted by atomic mass is 9.93. The van der Waals surface area contributed by atoms with E-state index >= 15 is 0 Å². The Hall–Kier alpha value is -1.50. The van der Waals surface area contributed by atoms with Gasteiger partial charge in [0.1, 0.15) is 5.60 Å². The van der Waals surface area contributed by atoms with Gasteiger partial charge in [-0.2, -0.15) is 0 Å². The molecule has 1 saturated carbocycles. The maximum Gasteiger partial charge on any atom is 0.407 e. The van der Waals surface area contributed by atoms with Gasteiger partial charge < -0.3 is 25.6 Å². The molecular formula is C20H38N4O3. The van der Waals surface area contributed by atoms with Gasteiger partial charge in [0.2, 0.25) is 0 Å². The van der Waals surface area contributed by atoms with Gasteiger partial charge in [0, 0.05) is 31.7 Å². The van der Waals surface area contributed by atoms with Crippen LogP contribution in [0, 0.1) is 0 Å². The van der Waals surface area contributed by atoms with E-state index in [-0.39, 0.29) is 12.1 Å². The lowest BCUT2D eigenvalue weighted by molar-refractivity contribution is 0.0526. The van der Waals surface area contributed by atoms with E-state index in [1.165, 1.54) is 19.3 Å². The van der Waals surface area contributed by atoms with Gasteiger partial charge >= 0.3 is 12.1 Å². The van der Waals surface area contributed by atoms with Gasteiger partial charge in [0.05, 0.1) is 0 Å². The molecule has 1 aliphatic heterocycles. The molecular weight excluding hydrogens is 344 g/mol. The lowest BCUT2D eigenvalue weighted by Gasteiger charge is -2.38. The monoisotopic (exact) mass is 382 g/mol. The van der Waals surface area contributed by atoms with Crippen LogP contribution in [0.3, 0.4) is 0 Å². The molecule has 27 heavy (non-hydrogen) atoms. The summed E-state index contributed by atoms with van der Waals surface area (Å²) in [6.07, 6.45) is 8.31. The van der Waals surface area contributed by atoms with Crippen LogP contribution >= 0.6 is 0 Å². The first-order valence-corrected chi connectivity index (χ1v) is 10.6. The Kier molecular flexibility index (Phi) is 8.67. The molecule has 0 spiro atoms. The highest BCUT2D eigenvalue weighted by Crippen LogP contribution is 2.26. The van der Waals surface area contributed by atoms with Crippen molar-refractivity contribution in [3.05, 3.63) is 0 Å². The molecule has 2 fully saturated rings. The number of alkyl carbamates (subject to hydrolysis) is 1. The first kappa shape index (κ1) is 21.8. The molecule has 2 rings (SSSR count). The Balaban J connectivity index is 1.67. The molecule has 1 aliphatic carbocycles. The minimum atomic E-state index is -0.476. The van der Waals surface area contributed by atoms with Crippen molar-refractivity contribution in [1.29, 1.82) is 0 Å². The zero-order valence-corrected chi connectivity index (χ0v) is 17.3. The number of rotatable bonds is 7. The van der Waals surface area contributed by atoms with Crippen molar-refractivity contribution in [3.8, 4) is 0 Å². The zero-order chi connectivity index (χ0) is 19.7. The van der Waals surface area contributed by atoms with Gasteiger partial charge in [-0.25, -0.2) is 9.59 Å². The van der Waals surface area contributed by atoms with Crippen molar-refractivity contribution in [1.82, 2.24) is 20.9 Å². The van der Waals surface area contributed by atoms with E-state index in [0.717, 1.165) is 45.2 Å². The molecule has 2 aliphatic rings. The fourth-order valence-corrected chi connectivity index (χ4v) is 3.91. The van der Waals surface area contributed by atoms with Crippen molar-refractivity contribution < 1.29 is 14.3 Å². The predicted molar refractivity (Wildman–Crippen MR) is 107 cm³/mol. The van der Waals surface area contributed by atoms with Gasteiger partial charge in [-0.3, -0.25) is 0 Å². The highest BCUT2D eigenvalue weighted by molar-refractivity contribution is 5.75. The van der Waals surface area contributed by atoms with Gasteiger partial charge in [-0.05, 0) is 59.4 Å². The third-order valence-corrected chi connectivity index (χ3v) is 5.18. The molecule has 0 aromatic heterocycles. The first-order valence-electron chi connectivity index (χ1n) is 10.6. The summed E-state index contributed by atoms with van der Waals surface area (Å²) in [6.45, 7) is 8.64. The number of unbranched alkanes of at least 4 members (excludes halogenated alkanes) is 1. The van der Waals surface area contributed by atoms with Crippen LogP contribution < -0.4 is 16.0 Å². The number of nitrogens with one attached hydrogen (secondary N) is 3. The van der Waals surface area contributed by atoms with Crippen LogP contribution in [0.1, 0.15) is 72.1 Å². The smallest absolute Gasteiger partial charge is 0.407 e. The maximum atomic E-state index is 12.8. The number of carbonyl (C=O) groups is 2. The Labute approximate surface area is 164 Å². The van der Waals surface area contributed by atoms with Crippen LogP contribution in [-0.2, 0) is 4.74 Å². The average Bonchev–Trinajstić information content (AvgIpc) is 3.11. The van der Waals surface area contributed by atoms with Crippen LogP contribution in [0.4, 0.5) is 9.59 Å². The van der Waals surface area contributed by atoms with Gasteiger partial charge in [0.25, 0.3) is 0 Å². The molecule has 0 aromatic carbocycles. The van der Waals surface area contributed by atoms with Crippen LogP contribution in [0.2, 0.25) is 0 Å². The van der Waals surface area contributed by atoms with Crippen molar-refractivity contribution in [2.24, 2.45) is 0 Å². The molecule has 3 N–H and O–H groups in total. The molecule has 7 heteroatoms. The second-order valence-electron chi connectivity index (χ2n) is 8.71. The van der Waals surface area contributed by atoms with Crippen molar-refractivity contribution in [3.63, 3.8) is 0 Å². The van der Waals surface area contributed by atoms with Crippen LogP contribution in [0.25, 0.3) is 0 Å². The first-order chi connectivity index (χ1) is 12.9.